The lowest BCUT2D eigenvalue weighted by molar-refractivity contribution is -0.125. The predicted octanol–water partition coefficient (Wildman–Crippen LogP) is -1.37. The van der Waals surface area contributed by atoms with Crippen LogP contribution in [0.3, 0.4) is 0 Å². The fraction of sp³-hybridized carbons (Fsp3) is 0.286. The summed E-state index contributed by atoms with van der Waals surface area (Å²) in [7, 11) is 0. The number of rotatable bonds is 5. The number of nitrogens with zero attached hydrogens (tertiary/aromatic N) is 1. The molecular formula is C7H9N3O5. The van der Waals surface area contributed by atoms with Crippen molar-refractivity contribution < 1.29 is 24.2 Å². The molecule has 0 spiro atoms. The number of amides is 1. The number of primary amides is 1. The average Bonchev–Trinajstić information content (AvgIpc) is 2.62. The van der Waals surface area contributed by atoms with Crippen LogP contribution in [0.1, 0.15) is 10.5 Å². The van der Waals surface area contributed by atoms with Crippen LogP contribution >= 0.6 is 0 Å². The van der Waals surface area contributed by atoms with Crippen LogP contribution < -0.4 is 11.1 Å². The van der Waals surface area contributed by atoms with Crippen molar-refractivity contribution in [2.45, 2.75) is 6.10 Å². The van der Waals surface area contributed by atoms with Crippen molar-refractivity contribution in [2.24, 2.45) is 5.73 Å². The molecule has 0 radical (unpaired) electrons. The van der Waals surface area contributed by atoms with E-state index in [1.807, 2.05) is 0 Å². The van der Waals surface area contributed by atoms with Gasteiger partial charge in [-0.15, -0.1) is 0 Å². The molecule has 1 aromatic heterocycles. The van der Waals surface area contributed by atoms with Crippen molar-refractivity contribution >= 4 is 17.9 Å². The summed E-state index contributed by atoms with van der Waals surface area (Å²) in [6.45, 7) is -0.199. The van der Waals surface area contributed by atoms with E-state index < -0.39 is 18.0 Å². The number of carbonyl (C=O) groups is 2. The molecule has 15 heavy (non-hydrogen) atoms. The molecular weight excluding hydrogens is 206 g/mol. The largest absolute Gasteiger partial charge is 0.476 e. The van der Waals surface area contributed by atoms with Gasteiger partial charge >= 0.3 is 5.97 Å². The van der Waals surface area contributed by atoms with Crippen LogP contribution in [0.5, 0.6) is 0 Å². The first-order valence-corrected chi connectivity index (χ1v) is 3.90. The molecule has 1 amide bonds. The van der Waals surface area contributed by atoms with E-state index >= 15 is 0 Å². The van der Waals surface area contributed by atoms with E-state index in [0.29, 0.717) is 0 Å². The Balaban J connectivity index is 2.51. The zero-order valence-corrected chi connectivity index (χ0v) is 7.51. The Morgan fingerprint density at radius 1 is 1.67 bits per heavy atom. The zero-order valence-electron chi connectivity index (χ0n) is 7.51. The molecule has 1 heterocycles. The van der Waals surface area contributed by atoms with Gasteiger partial charge in [0.1, 0.15) is 12.4 Å². The molecule has 1 aromatic rings. The molecule has 1 atom stereocenters. The molecule has 0 fully saturated rings. The second kappa shape index (κ2) is 4.42. The number of aromatic nitrogens is 1. The van der Waals surface area contributed by atoms with Crippen LogP contribution in [0.25, 0.3) is 0 Å². The SMILES string of the molecule is NC(=O)C(O)CNc1nc(C(=O)O)co1. The molecule has 0 aliphatic heterocycles. The monoisotopic (exact) mass is 215 g/mol. The maximum atomic E-state index is 10.4. The quantitative estimate of drug-likeness (QED) is 0.475. The highest BCUT2D eigenvalue weighted by atomic mass is 16.4. The first kappa shape index (κ1) is 11.0. The topological polar surface area (TPSA) is 139 Å². The first-order chi connectivity index (χ1) is 7.00. The number of nitrogens with one attached hydrogen (secondary N) is 1. The van der Waals surface area contributed by atoms with Gasteiger partial charge in [0.15, 0.2) is 5.69 Å². The van der Waals surface area contributed by atoms with Gasteiger partial charge in [-0.3, -0.25) is 4.79 Å². The molecule has 0 saturated heterocycles. The Bertz CT molecular complexity index is 374. The van der Waals surface area contributed by atoms with Crippen LogP contribution in [0.15, 0.2) is 10.7 Å². The summed E-state index contributed by atoms with van der Waals surface area (Å²) in [5.74, 6) is -2.13. The molecule has 8 nitrogen and oxygen atoms in total. The second-order valence-electron chi connectivity index (χ2n) is 2.64. The molecule has 0 bridgehead atoms. The molecule has 0 aliphatic rings. The van der Waals surface area contributed by atoms with Gasteiger partial charge in [-0.05, 0) is 0 Å². The van der Waals surface area contributed by atoms with Crippen LogP contribution in [-0.2, 0) is 4.79 Å². The van der Waals surface area contributed by atoms with Gasteiger partial charge in [-0.1, -0.05) is 0 Å². The van der Waals surface area contributed by atoms with Crippen LogP contribution in [0.2, 0.25) is 0 Å². The summed E-state index contributed by atoms with van der Waals surface area (Å²) in [6, 6.07) is -0.104. The van der Waals surface area contributed by atoms with E-state index in [2.05, 4.69) is 14.7 Å². The summed E-state index contributed by atoms with van der Waals surface area (Å²) in [6.07, 6.45) is -0.452. The fourth-order valence-corrected chi connectivity index (χ4v) is 0.738. The zero-order chi connectivity index (χ0) is 11.4. The first-order valence-electron chi connectivity index (χ1n) is 3.90. The molecule has 82 valence electrons. The number of aliphatic hydroxyl groups excluding tert-OH is 1. The van der Waals surface area contributed by atoms with Gasteiger partial charge in [0, 0.05) is 0 Å². The Morgan fingerprint density at radius 3 is 2.80 bits per heavy atom. The normalized spacial score (nSPS) is 12.1. The van der Waals surface area contributed by atoms with Crippen LogP contribution in [-0.4, -0.2) is 39.7 Å². The maximum Gasteiger partial charge on any atom is 0.357 e. The lowest BCUT2D eigenvalue weighted by Crippen LogP contribution is -2.34. The highest BCUT2D eigenvalue weighted by molar-refractivity contribution is 5.85. The highest BCUT2D eigenvalue weighted by Crippen LogP contribution is 2.06. The van der Waals surface area contributed by atoms with Crippen molar-refractivity contribution in [2.75, 3.05) is 11.9 Å². The predicted molar refractivity (Wildman–Crippen MR) is 47.2 cm³/mol. The Kier molecular flexibility index (Phi) is 3.24. The number of carboxylic acid groups (broad SMARTS) is 1. The van der Waals surface area contributed by atoms with Gasteiger partial charge < -0.3 is 25.7 Å². The molecule has 5 N–H and O–H groups in total. The van der Waals surface area contributed by atoms with Gasteiger partial charge in [-0.25, -0.2) is 4.79 Å². The standard InChI is InChI=1S/C7H9N3O5/c8-5(12)4(11)1-9-7-10-3(2-15-7)6(13)14/h2,4,11H,1H2,(H2,8,12)(H,9,10)(H,13,14). The molecule has 0 aliphatic carbocycles. The van der Waals surface area contributed by atoms with Gasteiger partial charge in [0.05, 0.1) is 6.54 Å². The summed E-state index contributed by atoms with van der Waals surface area (Å²) in [5, 5.41) is 19.9. The number of aromatic carboxylic acids is 1. The van der Waals surface area contributed by atoms with Crippen molar-refractivity contribution in [1.82, 2.24) is 4.98 Å². The van der Waals surface area contributed by atoms with E-state index in [4.69, 9.17) is 15.9 Å². The number of nitrogens with two attached hydrogens (primary N) is 1. The van der Waals surface area contributed by atoms with Crippen molar-refractivity contribution in [1.29, 1.82) is 0 Å². The summed E-state index contributed by atoms with van der Waals surface area (Å²) < 4.78 is 4.69. The molecule has 1 unspecified atom stereocenters. The van der Waals surface area contributed by atoms with E-state index in [9.17, 15) is 9.59 Å². The van der Waals surface area contributed by atoms with Crippen molar-refractivity contribution in [3.05, 3.63) is 12.0 Å². The Hall–Kier alpha value is -2.09. The number of carboxylic acids is 1. The fourth-order valence-electron chi connectivity index (χ4n) is 0.738. The van der Waals surface area contributed by atoms with Gasteiger partial charge in [0.2, 0.25) is 5.91 Å². The third-order valence-electron chi connectivity index (χ3n) is 1.50. The Morgan fingerprint density at radius 2 is 2.33 bits per heavy atom. The smallest absolute Gasteiger partial charge is 0.357 e. The second-order valence-corrected chi connectivity index (χ2v) is 2.64. The average molecular weight is 215 g/mol. The van der Waals surface area contributed by atoms with E-state index in [1.54, 1.807) is 0 Å². The minimum Gasteiger partial charge on any atom is -0.476 e. The molecule has 8 heteroatoms. The number of oxazole rings is 1. The Labute approximate surface area is 83.7 Å². The van der Waals surface area contributed by atoms with Crippen molar-refractivity contribution in [3.8, 4) is 0 Å². The van der Waals surface area contributed by atoms with Gasteiger partial charge in [0.25, 0.3) is 6.01 Å². The highest BCUT2D eigenvalue weighted by Gasteiger charge is 2.13. The minimum atomic E-state index is -1.38. The molecule has 1 rings (SSSR count). The van der Waals surface area contributed by atoms with E-state index in [1.165, 1.54) is 0 Å². The van der Waals surface area contributed by atoms with Crippen molar-refractivity contribution in [3.63, 3.8) is 0 Å². The lowest BCUT2D eigenvalue weighted by atomic mass is 10.3. The number of hydrogen-bond donors (Lipinski definition) is 4. The third-order valence-corrected chi connectivity index (χ3v) is 1.50. The number of hydrogen-bond acceptors (Lipinski definition) is 6. The number of aliphatic hydroxyl groups is 1. The maximum absolute atomic E-state index is 10.4. The third kappa shape index (κ3) is 2.95. The summed E-state index contributed by atoms with van der Waals surface area (Å²) in [4.78, 5) is 24.3. The summed E-state index contributed by atoms with van der Waals surface area (Å²) >= 11 is 0. The van der Waals surface area contributed by atoms with E-state index in [0.717, 1.165) is 6.26 Å². The summed E-state index contributed by atoms with van der Waals surface area (Å²) in [5.41, 5.74) is 4.51. The molecule has 0 saturated carbocycles. The number of carbonyl (C=O) groups excluding carboxylic acids is 1. The van der Waals surface area contributed by atoms with Gasteiger partial charge in [-0.2, -0.15) is 4.98 Å². The number of anilines is 1. The van der Waals surface area contributed by atoms with E-state index in [-0.39, 0.29) is 18.3 Å². The lowest BCUT2D eigenvalue weighted by Gasteiger charge is -2.05. The molecule has 0 aromatic carbocycles. The van der Waals surface area contributed by atoms with Crippen LogP contribution in [0.4, 0.5) is 6.01 Å². The minimum absolute atomic E-state index is 0.104. The van der Waals surface area contributed by atoms with Crippen LogP contribution in [0, 0.1) is 0 Å².